The van der Waals surface area contributed by atoms with Crippen LogP contribution in [0.5, 0.6) is 0 Å². The molecule has 32 heteroatoms. The fourth-order valence-corrected chi connectivity index (χ4v) is 19.8. The van der Waals surface area contributed by atoms with Gasteiger partial charge in [0.25, 0.3) is 23.6 Å². The molecule has 0 bridgehead atoms. The number of piperidine rings is 3. The maximum absolute atomic E-state index is 13.6. The lowest BCUT2D eigenvalue weighted by molar-refractivity contribution is -0.137. The molecule has 4 atom stereocenters. The van der Waals surface area contributed by atoms with E-state index in [0.717, 1.165) is 218 Å². The Morgan fingerprint density at radius 3 is 1.32 bits per heavy atom. The van der Waals surface area contributed by atoms with Crippen molar-refractivity contribution in [2.75, 3.05) is 68.7 Å². The largest absolute Gasteiger partial charge is 0.371 e. The van der Waals surface area contributed by atoms with Gasteiger partial charge in [-0.2, -0.15) is 0 Å². The number of hydrogen-bond donors (Lipinski definition) is 4. The van der Waals surface area contributed by atoms with Crippen LogP contribution in [0.3, 0.4) is 0 Å². The summed E-state index contributed by atoms with van der Waals surface area (Å²) < 4.78 is 4.12. The van der Waals surface area contributed by atoms with Crippen molar-refractivity contribution in [3.8, 4) is 10.0 Å². The van der Waals surface area contributed by atoms with E-state index in [4.69, 9.17) is 33.2 Å². The van der Waals surface area contributed by atoms with Crippen LogP contribution in [0.1, 0.15) is 255 Å². The predicted octanol–water partition coefficient (Wildman–Crippen LogP) is 12.8. The van der Waals surface area contributed by atoms with E-state index in [1.807, 2.05) is 74.5 Å². The van der Waals surface area contributed by atoms with Gasteiger partial charge in [0.15, 0.2) is 11.6 Å². The Kier molecular flexibility index (Phi) is 27.9. The van der Waals surface area contributed by atoms with Crippen LogP contribution in [0, 0.1) is 41.5 Å². The fraction of sp³-hybridized carbons (Fsp3) is 0.449. The molecule has 4 aromatic heterocycles. The first kappa shape index (κ1) is 86.6. The van der Waals surface area contributed by atoms with Crippen LogP contribution in [0.2, 0.25) is 10.0 Å². The van der Waals surface area contributed by atoms with Gasteiger partial charge in [0.1, 0.15) is 52.1 Å². The molecule has 8 aliphatic rings. The van der Waals surface area contributed by atoms with Gasteiger partial charge in [0.2, 0.25) is 35.4 Å². The highest BCUT2D eigenvalue weighted by atomic mass is 35.5. The summed E-state index contributed by atoms with van der Waals surface area (Å²) in [5.74, 6) is -0.990. The molecule has 4 saturated heterocycles. The fourth-order valence-electron chi connectivity index (χ4n) is 17.1. The van der Waals surface area contributed by atoms with Gasteiger partial charge in [-0.25, -0.2) is 0 Å². The van der Waals surface area contributed by atoms with Crippen LogP contribution in [-0.4, -0.2) is 192 Å². The Hall–Kier alpha value is -10.8. The zero-order valence-electron chi connectivity index (χ0n) is 69.1. The molecule has 0 spiro atoms. The molecule has 634 valence electrons. The van der Waals surface area contributed by atoms with Crippen molar-refractivity contribution in [3.05, 3.63) is 184 Å². The summed E-state index contributed by atoms with van der Waals surface area (Å²) >= 11 is 15.8. The second-order valence-electron chi connectivity index (χ2n) is 31.9. The third-order valence-electron chi connectivity index (χ3n) is 23.8. The predicted molar refractivity (Wildman–Crippen MR) is 464 cm³/mol. The molecule has 0 aliphatic carbocycles. The van der Waals surface area contributed by atoms with E-state index < -0.39 is 65.5 Å². The monoisotopic (exact) mass is 1720 g/mol. The number of carbonyl (C=O) groups excluding carboxylic acids is 11. The lowest BCUT2D eigenvalue weighted by Gasteiger charge is -2.36. The number of aromatic nitrogens is 6. The number of amides is 10. The van der Waals surface area contributed by atoms with Crippen molar-refractivity contribution in [1.29, 1.82) is 0 Å². The highest BCUT2D eigenvalue weighted by molar-refractivity contribution is 7.15. The number of thiophene rings is 2. The topological polar surface area (TPSA) is 338 Å². The number of anilines is 2. The molecule has 4 N–H and O–H groups in total. The van der Waals surface area contributed by atoms with E-state index in [-0.39, 0.29) is 56.2 Å². The van der Waals surface area contributed by atoms with Crippen molar-refractivity contribution in [2.45, 2.75) is 201 Å². The average molecular weight is 1720 g/mol. The number of nitrogens with zero attached hydrogens (tertiary/aromatic N) is 13. The maximum atomic E-state index is 13.6. The number of unbranched alkanes of at least 4 members (excludes halogenated alkanes) is 10. The van der Waals surface area contributed by atoms with Gasteiger partial charge in [-0.15, -0.1) is 43.1 Å². The van der Waals surface area contributed by atoms with E-state index in [0.29, 0.717) is 63.5 Å². The Balaban J connectivity index is 0.000000165. The number of aldehydes is 1. The molecule has 0 radical (unpaired) electrons. The summed E-state index contributed by atoms with van der Waals surface area (Å²) in [5, 5.41) is 31.8. The SMILES string of the molecule is Cc1sc2c(c1C)C(c1ccc(Cl)cc1)=N[C@@H](CC(=O)NCCCCCCCC=O)c1nnc(C)n1-2.Cc1sc2c(c1C)C(c1ccc(Cl)cc1)=N[C@@H](CC(=O)NCCCCCCCCN1CCN(c3cccc4c3C(=O)N(C3CCC(=O)NC3=O)C4=O)CC1)c1nnc(C)n1-2.O=C1CCC(N2C(=O)c3cccc(N4CCCCC4)c3C2=O)C(=O)N1. The summed E-state index contributed by atoms with van der Waals surface area (Å²) in [4.78, 5) is 159. The molecule has 4 fully saturated rings. The minimum Gasteiger partial charge on any atom is -0.371 e. The molecule has 16 rings (SSSR count). The molecule has 0 saturated carbocycles. The van der Waals surface area contributed by atoms with Gasteiger partial charge in [-0.05, 0) is 166 Å². The zero-order valence-corrected chi connectivity index (χ0v) is 72.2. The molecule has 8 aliphatic heterocycles. The molecule has 10 amide bonds. The number of benzene rings is 4. The number of hydrogen-bond acceptors (Lipinski definition) is 22. The van der Waals surface area contributed by atoms with Crippen LogP contribution in [0.25, 0.3) is 10.0 Å². The van der Waals surface area contributed by atoms with E-state index in [9.17, 15) is 52.7 Å². The summed E-state index contributed by atoms with van der Waals surface area (Å²) in [6.45, 7) is 19.4. The third kappa shape index (κ3) is 19.0. The standard InChI is InChI=1S/C44H50ClN9O5S.C27H32ClN5O2S.C18H19N3O4/c1-26-27(2)60-44-37(26)39(29-13-15-30(45)16-14-29)47-32(40-50-49-28(3)53(40)44)25-36(56)46-19-8-6-4-5-7-9-20-51-21-23-52(24-22-51)33-12-10-11-31-38(33)43(59)54(42(31)58)34-17-18-35(55)48-41(34)57;1-17-18(2)36-27-24(17)25(20-10-12-21(28)13-11-20)30-22(26-32-31-19(3)33(26)27)16-23(35)29-14-8-6-4-5-7-9-15-34;22-14-8-7-13(16(23)19-14)21-17(24)11-5-4-6-12(15(11)18(21)25)20-9-2-1-3-10-20/h10-16,32,34H,4-9,17-25H2,1-3H3,(H,46,56)(H,48,55,57);10-13,15,22H,4-9,14,16H2,1-3H3,(H,29,35);4-6,13H,1-3,7-10H2,(H,19,22,23)/t32-,34?;22-;/m00./s1. The number of aryl methyl sites for hydroxylation is 4. The van der Waals surface area contributed by atoms with Gasteiger partial charge in [-0.1, -0.05) is 105 Å². The first-order chi connectivity index (χ1) is 58.5. The second-order valence-corrected chi connectivity index (χ2v) is 35.2. The number of imide groups is 4. The molecular weight excluding hydrogens is 1620 g/mol. The number of rotatable bonds is 27. The molecule has 4 aromatic carbocycles. The van der Waals surface area contributed by atoms with Gasteiger partial charge in [0, 0.05) is 114 Å². The Labute approximate surface area is 720 Å². The van der Waals surface area contributed by atoms with Crippen molar-refractivity contribution in [3.63, 3.8) is 0 Å². The van der Waals surface area contributed by atoms with Crippen LogP contribution in [0.15, 0.2) is 94.9 Å². The zero-order chi connectivity index (χ0) is 85.3. The molecule has 121 heavy (non-hydrogen) atoms. The molecule has 8 aromatic rings. The summed E-state index contributed by atoms with van der Waals surface area (Å²) in [5.41, 5.74) is 10.9. The molecule has 2 unspecified atom stereocenters. The van der Waals surface area contributed by atoms with Gasteiger partial charge in [0.05, 0.1) is 57.9 Å². The smallest absolute Gasteiger partial charge is 0.264 e. The van der Waals surface area contributed by atoms with Gasteiger partial charge >= 0.3 is 0 Å². The quantitative estimate of drug-likeness (QED) is 0.0211. The van der Waals surface area contributed by atoms with Crippen molar-refractivity contribution in [2.24, 2.45) is 9.98 Å². The summed E-state index contributed by atoms with van der Waals surface area (Å²) in [6, 6.07) is 23.1. The summed E-state index contributed by atoms with van der Waals surface area (Å²) in [7, 11) is 0. The first-order valence-electron chi connectivity index (χ1n) is 42.1. The molecule has 28 nitrogen and oxygen atoms in total. The van der Waals surface area contributed by atoms with E-state index in [1.54, 1.807) is 46.9 Å². The van der Waals surface area contributed by atoms with Crippen LogP contribution in [-0.2, 0) is 33.6 Å². The lowest BCUT2D eigenvalue weighted by Crippen LogP contribution is -2.54. The Bertz CT molecular complexity index is 5380. The minimum absolute atomic E-state index is 0.0504. The number of carbonyl (C=O) groups is 11. The number of nitrogens with one attached hydrogen (secondary N) is 4. The third-order valence-corrected chi connectivity index (χ3v) is 26.7. The maximum Gasteiger partial charge on any atom is 0.264 e. The minimum atomic E-state index is -0.978. The van der Waals surface area contributed by atoms with Crippen LogP contribution < -0.4 is 31.1 Å². The highest BCUT2D eigenvalue weighted by Crippen LogP contribution is 2.44. The van der Waals surface area contributed by atoms with Gasteiger partial charge < -0.3 is 25.2 Å². The molecular formula is C89H101Cl2N17O11S2. The Morgan fingerprint density at radius 2 is 0.893 bits per heavy atom. The molecule has 12 heterocycles. The van der Waals surface area contributed by atoms with E-state index in [1.165, 1.54) is 21.7 Å². The second kappa shape index (κ2) is 38.9. The average Bonchev–Trinajstić information content (AvgIpc) is 1.61. The van der Waals surface area contributed by atoms with Crippen LogP contribution in [0.4, 0.5) is 11.4 Å². The van der Waals surface area contributed by atoms with E-state index in [2.05, 4.69) is 93.2 Å². The number of fused-ring (bicyclic) bond motifs is 8. The number of aliphatic imine (C=N–C) groups is 2. The first-order valence-corrected chi connectivity index (χ1v) is 44.5. The van der Waals surface area contributed by atoms with Crippen LogP contribution >= 0.6 is 45.9 Å². The Morgan fingerprint density at radius 1 is 0.479 bits per heavy atom. The lowest BCUT2D eigenvalue weighted by atomic mass is 9.99. The number of piperazine rings is 1. The van der Waals surface area contributed by atoms with Gasteiger partial charge in [-0.3, -0.25) is 92.4 Å². The summed E-state index contributed by atoms with van der Waals surface area (Å²) in [6.07, 6.45) is 17.2. The van der Waals surface area contributed by atoms with Crippen molar-refractivity contribution >= 4 is 134 Å². The normalized spacial score (nSPS) is 18.7. The van der Waals surface area contributed by atoms with Crippen molar-refractivity contribution in [1.82, 2.24) is 65.5 Å². The van der Waals surface area contributed by atoms with Crippen molar-refractivity contribution < 1.29 is 52.7 Å². The number of halogens is 2. The highest BCUT2D eigenvalue weighted by Gasteiger charge is 2.49. The van der Waals surface area contributed by atoms with E-state index >= 15 is 0 Å².